The summed E-state index contributed by atoms with van der Waals surface area (Å²) in [5, 5.41) is 0. The van der Waals surface area contributed by atoms with E-state index in [2.05, 4.69) is 106 Å². The number of hydrogen-bond acceptors (Lipinski definition) is 5. The lowest BCUT2D eigenvalue weighted by Gasteiger charge is -2.50. The molecule has 4 rings (SSSR count). The van der Waals surface area contributed by atoms with E-state index in [0.29, 0.717) is 18.2 Å². The number of hydrogen-bond donors (Lipinski definition) is 0. The Balaban J connectivity index is 1.67. The molecule has 2 heterocycles. The summed E-state index contributed by atoms with van der Waals surface area (Å²) < 4.78 is 4.91. The van der Waals surface area contributed by atoms with Gasteiger partial charge in [0.1, 0.15) is 5.78 Å². The Labute approximate surface area is 199 Å². The number of benzene rings is 2. The molecule has 7 heteroatoms. The van der Waals surface area contributed by atoms with Crippen LogP contribution in [0.1, 0.15) is 41.6 Å². The largest absolute Gasteiger partial charge is 0.299 e. The third-order valence-corrected chi connectivity index (χ3v) is 10.0. The quantitative estimate of drug-likeness (QED) is 0.274. The van der Waals surface area contributed by atoms with Crippen LogP contribution in [0.3, 0.4) is 0 Å². The summed E-state index contributed by atoms with van der Waals surface area (Å²) in [6, 6.07) is 20.1. The predicted octanol–water partition coefficient (Wildman–Crippen LogP) is 6.74. The number of nitrogens with zero attached hydrogens (tertiary/aromatic N) is 2. The fourth-order valence-corrected chi connectivity index (χ4v) is 8.66. The Kier molecular flexibility index (Phi) is 7.31. The van der Waals surface area contributed by atoms with Crippen LogP contribution in [0.25, 0.3) is 0 Å². The predicted molar refractivity (Wildman–Crippen MR) is 136 cm³/mol. The van der Waals surface area contributed by atoms with Crippen LogP contribution < -0.4 is 0 Å². The van der Waals surface area contributed by atoms with Gasteiger partial charge in [-0.3, -0.25) is 4.79 Å². The second kappa shape index (κ2) is 9.55. The molecule has 148 valence electrons. The lowest BCUT2D eigenvalue weighted by Crippen LogP contribution is -2.55. The van der Waals surface area contributed by atoms with E-state index in [1.807, 2.05) is 6.07 Å². The second-order valence-corrected chi connectivity index (χ2v) is 11.1. The van der Waals surface area contributed by atoms with Crippen molar-refractivity contribution in [3.05, 3.63) is 71.3 Å². The first-order valence-corrected chi connectivity index (χ1v) is 16.0. The first-order valence-electron chi connectivity index (χ1n) is 9.39. The van der Waals surface area contributed by atoms with Crippen molar-refractivity contribution in [3.8, 4) is 0 Å². The average molecular weight is 636 g/mol. The molecule has 0 N–H and O–H groups in total. The van der Waals surface area contributed by atoms with Crippen LogP contribution in [0.4, 0.5) is 0 Å². The smallest absolute Gasteiger partial charge is 0.140 e. The van der Waals surface area contributed by atoms with Crippen LogP contribution in [0.2, 0.25) is 0 Å². The molecular weight excluding hydrogens is 614 g/mol. The molecule has 0 spiro atoms. The zero-order valence-corrected chi connectivity index (χ0v) is 21.4. The second-order valence-electron chi connectivity index (χ2n) is 7.53. The van der Waals surface area contributed by atoms with E-state index in [9.17, 15) is 4.79 Å². The van der Waals surface area contributed by atoms with Gasteiger partial charge in [0.15, 0.2) is 0 Å². The molecule has 0 aromatic heterocycles. The first kappa shape index (κ1) is 21.4. The maximum absolute atomic E-state index is 13.2. The van der Waals surface area contributed by atoms with E-state index in [4.69, 9.17) is 0 Å². The van der Waals surface area contributed by atoms with Gasteiger partial charge in [-0.1, -0.05) is 60.2 Å². The molecule has 2 aromatic carbocycles. The van der Waals surface area contributed by atoms with Crippen LogP contribution in [0.15, 0.2) is 54.6 Å². The number of ketones is 1. The van der Waals surface area contributed by atoms with E-state index >= 15 is 0 Å². The van der Waals surface area contributed by atoms with E-state index in [-0.39, 0.29) is 18.0 Å². The van der Waals surface area contributed by atoms with E-state index in [0.717, 1.165) is 13.0 Å². The minimum absolute atomic E-state index is 0.0885. The standard InChI is InChI=1S/C21H22I2N2OS2/c1-14-6-5-9-16(10-14)18-11-20-17(13-24(18)27-22)21(26)12-19(25(20)28-23)15-7-3-2-4-8-15/h2-10,17-20H,11-13H2,1H3/t17-,18+,19+,20+/m1/s1. The summed E-state index contributed by atoms with van der Waals surface area (Å²) in [5.41, 5.74) is 3.90. The molecule has 0 unspecified atom stereocenters. The van der Waals surface area contributed by atoms with Gasteiger partial charge < -0.3 is 0 Å². The Hall–Kier alpha value is 0.190. The highest BCUT2D eigenvalue weighted by molar-refractivity contribution is 14.2. The fraction of sp³-hybridized carbons (Fsp3) is 0.381. The highest BCUT2D eigenvalue weighted by atomic mass is 127. The van der Waals surface area contributed by atoms with E-state index in [1.165, 1.54) is 16.7 Å². The van der Waals surface area contributed by atoms with Crippen molar-refractivity contribution < 1.29 is 4.79 Å². The van der Waals surface area contributed by atoms with Crippen molar-refractivity contribution in [2.45, 2.75) is 37.9 Å². The highest BCUT2D eigenvalue weighted by Gasteiger charge is 2.48. The Morgan fingerprint density at radius 2 is 1.71 bits per heavy atom. The monoisotopic (exact) mass is 636 g/mol. The average Bonchev–Trinajstić information content (AvgIpc) is 2.73. The molecule has 0 aliphatic carbocycles. The van der Waals surface area contributed by atoms with Crippen molar-refractivity contribution in [2.24, 2.45) is 5.92 Å². The van der Waals surface area contributed by atoms with Gasteiger partial charge in [-0.25, -0.2) is 8.61 Å². The number of fused-ring (bicyclic) bond motifs is 1. The molecule has 2 saturated heterocycles. The maximum atomic E-state index is 13.2. The molecule has 0 bridgehead atoms. The summed E-state index contributed by atoms with van der Waals surface area (Å²) in [6.07, 6.45) is 1.59. The van der Waals surface area contributed by atoms with Crippen molar-refractivity contribution in [3.63, 3.8) is 0 Å². The number of carbonyl (C=O) groups is 1. The SMILES string of the molecule is Cc1cccc([C@@H]2C[C@H]3[C@@H](CN2SI)C(=O)C[C@@H](c2ccccc2)N3SI)c1. The number of aryl methyl sites for hydroxylation is 1. The maximum Gasteiger partial charge on any atom is 0.140 e. The van der Waals surface area contributed by atoms with E-state index in [1.54, 1.807) is 18.2 Å². The van der Waals surface area contributed by atoms with Crippen LogP contribution in [0.5, 0.6) is 0 Å². The summed E-state index contributed by atoms with van der Waals surface area (Å²) in [4.78, 5) is 13.2. The van der Waals surface area contributed by atoms with Gasteiger partial charge in [0, 0.05) is 73.4 Å². The van der Waals surface area contributed by atoms with Crippen LogP contribution in [-0.2, 0) is 4.79 Å². The molecule has 2 aliphatic heterocycles. The van der Waals surface area contributed by atoms with Crippen molar-refractivity contribution in [2.75, 3.05) is 6.54 Å². The molecule has 2 aromatic rings. The van der Waals surface area contributed by atoms with Gasteiger partial charge in [-0.05, 0) is 42.7 Å². The molecule has 0 amide bonds. The van der Waals surface area contributed by atoms with Crippen molar-refractivity contribution in [1.29, 1.82) is 0 Å². The highest BCUT2D eigenvalue weighted by Crippen LogP contribution is 2.50. The summed E-state index contributed by atoms with van der Waals surface area (Å²) in [5.74, 6) is 0.504. The lowest BCUT2D eigenvalue weighted by atomic mass is 9.77. The van der Waals surface area contributed by atoms with Crippen molar-refractivity contribution >= 4 is 66.4 Å². The molecule has 0 radical (unpaired) electrons. The summed E-state index contributed by atoms with van der Waals surface area (Å²) in [6.45, 7) is 2.98. The number of halogens is 2. The van der Waals surface area contributed by atoms with Gasteiger partial charge in [-0.2, -0.15) is 0 Å². The third-order valence-electron chi connectivity index (χ3n) is 5.88. The van der Waals surface area contributed by atoms with Crippen molar-refractivity contribution in [1.82, 2.24) is 8.61 Å². The number of Topliss-reactive ketones (excluding diaryl/α,β-unsaturated/α-hetero) is 1. The number of carbonyl (C=O) groups excluding carboxylic acids is 1. The Morgan fingerprint density at radius 3 is 2.39 bits per heavy atom. The minimum Gasteiger partial charge on any atom is -0.299 e. The molecular formula is C21H22I2N2OS2. The van der Waals surface area contributed by atoms with Gasteiger partial charge in [0.2, 0.25) is 0 Å². The van der Waals surface area contributed by atoms with Gasteiger partial charge in [0.05, 0.1) is 6.04 Å². The summed E-state index contributed by atoms with van der Waals surface area (Å²) >= 11 is 4.76. The molecule has 0 saturated carbocycles. The zero-order valence-electron chi connectivity index (χ0n) is 15.5. The minimum atomic E-state index is 0.0885. The Bertz CT molecular complexity index is 838. The number of rotatable bonds is 4. The molecule has 2 fully saturated rings. The normalized spacial score (nSPS) is 28.9. The summed E-state index contributed by atoms with van der Waals surface area (Å²) in [7, 11) is 3.51. The molecule has 2 aliphatic rings. The Morgan fingerprint density at radius 1 is 0.964 bits per heavy atom. The topological polar surface area (TPSA) is 23.6 Å². The molecule has 3 nitrogen and oxygen atoms in total. The molecule has 28 heavy (non-hydrogen) atoms. The zero-order chi connectivity index (χ0) is 19.7. The number of piperidine rings is 2. The fourth-order valence-electron chi connectivity index (χ4n) is 4.51. The van der Waals surface area contributed by atoms with Gasteiger partial charge >= 0.3 is 0 Å². The lowest BCUT2D eigenvalue weighted by molar-refractivity contribution is -0.131. The molecule has 4 atom stereocenters. The van der Waals surface area contributed by atoms with E-state index < -0.39 is 0 Å². The van der Waals surface area contributed by atoms with Crippen LogP contribution in [0, 0.1) is 12.8 Å². The van der Waals surface area contributed by atoms with Crippen LogP contribution >= 0.6 is 60.6 Å². The van der Waals surface area contributed by atoms with Crippen LogP contribution in [-0.4, -0.2) is 27.0 Å². The van der Waals surface area contributed by atoms with Gasteiger partial charge in [-0.15, -0.1) is 0 Å². The first-order chi connectivity index (χ1) is 13.6. The third kappa shape index (κ3) is 4.30. The van der Waals surface area contributed by atoms with Gasteiger partial charge in [0.25, 0.3) is 0 Å².